The summed E-state index contributed by atoms with van der Waals surface area (Å²) in [6, 6.07) is 0.0191. The molecule has 1 aromatic rings. The van der Waals surface area contributed by atoms with Crippen molar-refractivity contribution in [1.82, 2.24) is 4.90 Å². The molecule has 0 spiro atoms. The minimum absolute atomic E-state index is 0.0191. The van der Waals surface area contributed by atoms with Crippen LogP contribution in [0.5, 0.6) is 5.75 Å². The number of piperidine rings is 1. The number of carbonyl (C=O) groups excluding carboxylic acids is 2. The number of amides is 1. The number of benzene rings is 1. The van der Waals surface area contributed by atoms with Crippen LogP contribution in [0.2, 0.25) is 0 Å². The second-order valence-corrected chi connectivity index (χ2v) is 12.1. The number of nitrogens with zero attached hydrogens (tertiary/aromatic N) is 1. The lowest BCUT2D eigenvalue weighted by atomic mass is 9.75. The Morgan fingerprint density at radius 2 is 0.979 bits per heavy atom. The fourth-order valence-electron chi connectivity index (χ4n) is 4.70. The first kappa shape index (κ1) is 41.8. The van der Waals surface area contributed by atoms with Crippen molar-refractivity contribution < 1.29 is 65.0 Å². The summed E-state index contributed by atoms with van der Waals surface area (Å²) in [5, 5.41) is 0. The molecule has 0 atom stereocenters. The van der Waals surface area contributed by atoms with E-state index in [-0.39, 0.29) is 31.8 Å². The molecule has 11 nitrogen and oxygen atoms in total. The molecule has 15 heteroatoms. The molecule has 0 radical (unpaired) electrons. The van der Waals surface area contributed by atoms with Crippen LogP contribution in [0.3, 0.4) is 0 Å². The molecule has 276 valence electrons. The maximum atomic E-state index is 13.5. The summed E-state index contributed by atoms with van der Waals surface area (Å²) in [5.41, 5.74) is 0.293. The largest absolute Gasteiger partial charge is 0.420 e. The summed E-state index contributed by atoms with van der Waals surface area (Å²) in [6.07, 6.45) is 2.13. The van der Waals surface area contributed by atoms with E-state index >= 15 is 0 Å². The summed E-state index contributed by atoms with van der Waals surface area (Å²) in [7, 11) is 0. The van der Waals surface area contributed by atoms with Gasteiger partial charge in [-0.1, -0.05) is 20.8 Å². The van der Waals surface area contributed by atoms with Gasteiger partial charge in [-0.3, -0.25) is 9.59 Å². The molecular weight excluding hydrogens is 646 g/mol. The van der Waals surface area contributed by atoms with Gasteiger partial charge in [0, 0.05) is 19.2 Å². The lowest BCUT2D eigenvalue weighted by molar-refractivity contribution is -0.136. The maximum absolute atomic E-state index is 13.5. The highest BCUT2D eigenvalue weighted by Crippen LogP contribution is 2.34. The van der Waals surface area contributed by atoms with E-state index in [0.717, 1.165) is 25.9 Å². The van der Waals surface area contributed by atoms with E-state index < -0.39 is 41.4 Å². The number of halogens is 4. The van der Waals surface area contributed by atoms with Crippen LogP contribution in [-0.2, 0) is 42.7 Å². The van der Waals surface area contributed by atoms with Gasteiger partial charge in [-0.25, -0.2) is 8.78 Å². The molecular formula is C33H51F4NO10. The molecule has 0 unspecified atom stereocenters. The number of ether oxygens (including phenoxy) is 8. The Bertz CT molecular complexity index is 1040. The van der Waals surface area contributed by atoms with Gasteiger partial charge < -0.3 is 42.8 Å². The highest BCUT2D eigenvalue weighted by molar-refractivity contribution is 5.76. The Balaban J connectivity index is 1.27. The number of esters is 1. The van der Waals surface area contributed by atoms with Gasteiger partial charge in [-0.05, 0) is 24.2 Å². The first-order valence-electron chi connectivity index (χ1n) is 16.4. The van der Waals surface area contributed by atoms with Gasteiger partial charge in [0.1, 0.15) is 0 Å². The fourth-order valence-corrected chi connectivity index (χ4v) is 4.70. The fraction of sp³-hybridized carbons (Fsp3) is 0.758. The van der Waals surface area contributed by atoms with Gasteiger partial charge in [-0.15, -0.1) is 0 Å². The summed E-state index contributed by atoms with van der Waals surface area (Å²) in [6.45, 7) is 13.0. The van der Waals surface area contributed by atoms with Crippen LogP contribution in [-0.4, -0.2) is 122 Å². The molecule has 1 heterocycles. The Morgan fingerprint density at radius 1 is 0.625 bits per heavy atom. The standard InChI is InChI=1S/C33H51F4NO10/c1-33(2,3)25-4-8-38(9-5-25)28(39)6-10-41-12-14-43-16-18-45-20-22-47-23-21-46-19-17-44-15-13-42-11-7-29(40)48-32-30(36)26(34)24-27(35)31(32)37/h24-25H,4-23H2,1-3H3. The zero-order valence-electron chi connectivity index (χ0n) is 28.3. The average molecular weight is 698 g/mol. The molecule has 1 aliphatic heterocycles. The second-order valence-electron chi connectivity index (χ2n) is 12.1. The number of hydrogen-bond acceptors (Lipinski definition) is 10. The Morgan fingerprint density at radius 3 is 1.35 bits per heavy atom. The van der Waals surface area contributed by atoms with E-state index in [1.807, 2.05) is 4.90 Å². The molecule has 48 heavy (non-hydrogen) atoms. The third-order valence-corrected chi connectivity index (χ3v) is 7.50. The molecule has 1 aromatic carbocycles. The van der Waals surface area contributed by atoms with E-state index in [4.69, 9.17) is 33.2 Å². The summed E-state index contributed by atoms with van der Waals surface area (Å²) < 4.78 is 95.5. The minimum Gasteiger partial charge on any atom is -0.420 e. The average Bonchev–Trinajstić information content (AvgIpc) is 3.05. The van der Waals surface area contributed by atoms with E-state index in [2.05, 4.69) is 25.5 Å². The van der Waals surface area contributed by atoms with Crippen LogP contribution < -0.4 is 4.74 Å². The van der Waals surface area contributed by atoms with Crippen molar-refractivity contribution in [3.8, 4) is 5.75 Å². The van der Waals surface area contributed by atoms with Gasteiger partial charge in [0.15, 0.2) is 11.6 Å². The molecule has 0 saturated carbocycles. The topological polar surface area (TPSA) is 111 Å². The van der Waals surface area contributed by atoms with Gasteiger partial charge in [0.2, 0.25) is 23.3 Å². The summed E-state index contributed by atoms with van der Waals surface area (Å²) in [5.74, 6) is -8.65. The molecule has 0 bridgehead atoms. The predicted octanol–water partition coefficient (Wildman–Crippen LogP) is 4.33. The lowest BCUT2D eigenvalue weighted by Gasteiger charge is -2.38. The first-order chi connectivity index (χ1) is 23.0. The molecule has 1 fully saturated rings. The van der Waals surface area contributed by atoms with Crippen molar-refractivity contribution in [2.45, 2.75) is 46.5 Å². The van der Waals surface area contributed by atoms with Crippen molar-refractivity contribution in [1.29, 1.82) is 0 Å². The molecule has 2 rings (SSSR count). The van der Waals surface area contributed by atoms with Crippen molar-refractivity contribution in [3.63, 3.8) is 0 Å². The van der Waals surface area contributed by atoms with E-state index in [9.17, 15) is 27.2 Å². The van der Waals surface area contributed by atoms with Crippen LogP contribution >= 0.6 is 0 Å². The second kappa shape index (κ2) is 23.9. The van der Waals surface area contributed by atoms with Gasteiger partial charge in [0.25, 0.3) is 0 Å². The SMILES string of the molecule is CC(C)(C)C1CCN(C(=O)CCOCCOCCOCCOCCOCCOCCOCCC(=O)Oc2c(F)c(F)cc(F)c2F)CC1. The zero-order chi connectivity index (χ0) is 35.2. The number of rotatable bonds is 25. The summed E-state index contributed by atoms with van der Waals surface area (Å²) in [4.78, 5) is 26.0. The van der Waals surface area contributed by atoms with E-state index in [1.54, 1.807) is 0 Å². The van der Waals surface area contributed by atoms with Crippen LogP contribution in [0.1, 0.15) is 46.5 Å². The molecule has 0 N–H and O–H groups in total. The van der Waals surface area contributed by atoms with Crippen molar-refractivity contribution in [2.24, 2.45) is 11.3 Å². The Hall–Kier alpha value is -2.40. The Kier molecular flexibility index (Phi) is 20.8. The molecule has 0 aliphatic carbocycles. The third kappa shape index (κ3) is 17.3. The van der Waals surface area contributed by atoms with Crippen molar-refractivity contribution in [3.05, 3.63) is 29.3 Å². The molecule has 0 aromatic heterocycles. The minimum atomic E-state index is -1.79. The highest BCUT2D eigenvalue weighted by Gasteiger charge is 2.30. The van der Waals surface area contributed by atoms with Gasteiger partial charge in [-0.2, -0.15) is 8.78 Å². The number of carbonyl (C=O) groups is 2. The van der Waals surface area contributed by atoms with E-state index in [1.165, 1.54) is 0 Å². The summed E-state index contributed by atoms with van der Waals surface area (Å²) >= 11 is 0. The normalized spacial score (nSPS) is 14.1. The number of likely N-dealkylation sites (tertiary alicyclic amines) is 1. The zero-order valence-corrected chi connectivity index (χ0v) is 28.3. The smallest absolute Gasteiger partial charge is 0.313 e. The van der Waals surface area contributed by atoms with Crippen molar-refractivity contribution in [2.75, 3.05) is 106 Å². The molecule has 1 amide bonds. The van der Waals surface area contributed by atoms with Crippen LogP contribution in [0.4, 0.5) is 17.6 Å². The van der Waals surface area contributed by atoms with Crippen LogP contribution in [0, 0.1) is 34.6 Å². The van der Waals surface area contributed by atoms with Gasteiger partial charge in [0.05, 0.1) is 105 Å². The van der Waals surface area contributed by atoms with Crippen LogP contribution in [0.25, 0.3) is 0 Å². The molecule has 1 saturated heterocycles. The highest BCUT2D eigenvalue weighted by atomic mass is 19.2. The number of hydrogen-bond donors (Lipinski definition) is 0. The van der Waals surface area contributed by atoms with Gasteiger partial charge >= 0.3 is 5.97 Å². The monoisotopic (exact) mass is 697 g/mol. The van der Waals surface area contributed by atoms with Crippen molar-refractivity contribution >= 4 is 11.9 Å². The quantitative estimate of drug-likeness (QED) is 0.0482. The third-order valence-electron chi connectivity index (χ3n) is 7.50. The molecule has 1 aliphatic rings. The lowest BCUT2D eigenvalue weighted by Crippen LogP contribution is -2.41. The maximum Gasteiger partial charge on any atom is 0.313 e. The first-order valence-corrected chi connectivity index (χ1v) is 16.4. The van der Waals surface area contributed by atoms with E-state index in [0.29, 0.717) is 90.4 Å². The Labute approximate surface area is 280 Å². The van der Waals surface area contributed by atoms with Crippen LogP contribution in [0.15, 0.2) is 6.07 Å². The predicted molar refractivity (Wildman–Crippen MR) is 166 cm³/mol.